The summed E-state index contributed by atoms with van der Waals surface area (Å²) in [6, 6.07) is 24.6. The van der Waals surface area contributed by atoms with Gasteiger partial charge in [-0.2, -0.15) is 4.89 Å². The second-order valence-electron chi connectivity index (χ2n) is 8.73. The van der Waals surface area contributed by atoms with Gasteiger partial charge in [0.1, 0.15) is 17.4 Å². The first kappa shape index (κ1) is 22.4. The third kappa shape index (κ3) is 3.81. The van der Waals surface area contributed by atoms with Crippen LogP contribution in [-0.4, -0.2) is 42.5 Å². The average Bonchev–Trinajstić information content (AvgIpc) is 3.13. The zero-order valence-electron chi connectivity index (χ0n) is 19.1. The molecule has 0 radical (unpaired) electrons. The van der Waals surface area contributed by atoms with E-state index in [9.17, 15) is 9.90 Å². The molecule has 34 heavy (non-hydrogen) atoms. The Morgan fingerprint density at radius 2 is 1.44 bits per heavy atom. The lowest BCUT2D eigenvalue weighted by Crippen LogP contribution is -2.52. The van der Waals surface area contributed by atoms with E-state index >= 15 is 0 Å². The molecule has 2 saturated heterocycles. The molecule has 2 aliphatic heterocycles. The van der Waals surface area contributed by atoms with Crippen LogP contribution in [0.1, 0.15) is 23.1 Å². The number of β-amino-alcohol motifs (C(OH)–C–C–N with tert-alkyl or cyclic N) is 1. The number of aliphatic hydroxyl groups is 1. The van der Waals surface area contributed by atoms with Crippen LogP contribution in [-0.2, 0) is 26.7 Å². The maximum Gasteiger partial charge on any atom is 0.231 e. The summed E-state index contributed by atoms with van der Waals surface area (Å²) >= 11 is 0. The van der Waals surface area contributed by atoms with Crippen LogP contribution < -0.4 is 9.47 Å². The number of carbonyl (C=O) groups is 1. The van der Waals surface area contributed by atoms with Gasteiger partial charge >= 0.3 is 0 Å². The van der Waals surface area contributed by atoms with E-state index in [1.807, 2.05) is 78.9 Å². The molecule has 3 aromatic carbocycles. The SMILES string of the molecule is COc1ccc(C2(c3ccc(OC)cc3)CC3C(=O)N(Cc4ccccc4)C[C@]3(O)OO2)cc1. The molecule has 1 amide bonds. The number of likely N-dealkylation sites (tertiary alicyclic amines) is 1. The highest BCUT2D eigenvalue weighted by molar-refractivity contribution is 5.83. The zero-order chi connectivity index (χ0) is 23.8. The molecule has 7 nitrogen and oxygen atoms in total. The number of methoxy groups -OCH3 is 2. The van der Waals surface area contributed by atoms with E-state index in [1.165, 1.54) is 0 Å². The van der Waals surface area contributed by atoms with Crippen LogP contribution in [0.2, 0.25) is 0 Å². The molecule has 0 spiro atoms. The molecule has 1 unspecified atom stereocenters. The van der Waals surface area contributed by atoms with Gasteiger partial charge in [0.05, 0.1) is 20.8 Å². The maximum absolute atomic E-state index is 13.5. The second-order valence-corrected chi connectivity index (χ2v) is 8.73. The van der Waals surface area contributed by atoms with Gasteiger partial charge in [-0.05, 0) is 41.0 Å². The second kappa shape index (κ2) is 8.76. The predicted octanol–water partition coefficient (Wildman–Crippen LogP) is 3.65. The number of rotatable bonds is 6. The van der Waals surface area contributed by atoms with Gasteiger partial charge in [-0.3, -0.25) is 4.79 Å². The molecule has 1 N–H and O–H groups in total. The largest absolute Gasteiger partial charge is 0.497 e. The first-order valence-electron chi connectivity index (χ1n) is 11.2. The Balaban J connectivity index is 1.51. The number of hydrogen-bond acceptors (Lipinski definition) is 6. The fourth-order valence-electron chi connectivity index (χ4n) is 4.83. The van der Waals surface area contributed by atoms with Crippen molar-refractivity contribution in [2.75, 3.05) is 20.8 Å². The van der Waals surface area contributed by atoms with E-state index in [4.69, 9.17) is 19.2 Å². The van der Waals surface area contributed by atoms with Crippen molar-refractivity contribution in [2.24, 2.45) is 5.92 Å². The Labute approximate surface area is 198 Å². The van der Waals surface area contributed by atoms with Crippen molar-refractivity contribution >= 4 is 5.91 Å². The van der Waals surface area contributed by atoms with Gasteiger partial charge in [-0.15, -0.1) is 0 Å². The summed E-state index contributed by atoms with van der Waals surface area (Å²) in [7, 11) is 3.21. The maximum atomic E-state index is 13.5. The summed E-state index contributed by atoms with van der Waals surface area (Å²) < 4.78 is 10.6. The smallest absolute Gasteiger partial charge is 0.231 e. The van der Waals surface area contributed by atoms with E-state index in [-0.39, 0.29) is 18.9 Å². The minimum Gasteiger partial charge on any atom is -0.497 e. The molecule has 2 fully saturated rings. The lowest BCUT2D eigenvalue weighted by molar-refractivity contribution is -0.487. The van der Waals surface area contributed by atoms with Gasteiger partial charge in [-0.25, -0.2) is 4.89 Å². The van der Waals surface area contributed by atoms with Crippen molar-refractivity contribution < 1.29 is 29.1 Å². The third-order valence-corrected chi connectivity index (χ3v) is 6.72. The first-order valence-corrected chi connectivity index (χ1v) is 11.2. The molecule has 5 rings (SSSR count). The van der Waals surface area contributed by atoms with Gasteiger partial charge in [0.25, 0.3) is 0 Å². The number of ether oxygens (including phenoxy) is 2. The fourth-order valence-corrected chi connectivity index (χ4v) is 4.83. The van der Waals surface area contributed by atoms with Crippen molar-refractivity contribution in [3.63, 3.8) is 0 Å². The Morgan fingerprint density at radius 3 is 1.97 bits per heavy atom. The van der Waals surface area contributed by atoms with Gasteiger partial charge in [-0.1, -0.05) is 54.6 Å². The monoisotopic (exact) mass is 461 g/mol. The molecule has 2 heterocycles. The standard InChI is InChI=1S/C27H27NO6/c1-31-22-12-8-20(9-13-22)26(21-10-14-23(32-2)15-11-21)16-24-25(29)28(18-27(24,30)34-33-26)17-19-6-4-3-5-7-19/h3-15,24,30H,16-18H2,1-2H3/t24?,27-/m0/s1. The molecule has 2 atom stereocenters. The number of benzene rings is 3. The average molecular weight is 462 g/mol. The van der Waals surface area contributed by atoms with Crippen LogP contribution in [0.3, 0.4) is 0 Å². The molecule has 0 aliphatic carbocycles. The molecular weight excluding hydrogens is 434 g/mol. The Kier molecular flexibility index (Phi) is 5.77. The summed E-state index contributed by atoms with van der Waals surface area (Å²) in [5, 5.41) is 11.3. The molecule has 3 aromatic rings. The minimum absolute atomic E-state index is 0.0344. The lowest BCUT2D eigenvalue weighted by atomic mass is 9.76. The number of carbonyl (C=O) groups excluding carboxylic acids is 1. The van der Waals surface area contributed by atoms with Crippen LogP contribution in [0.25, 0.3) is 0 Å². The number of hydrogen-bond donors (Lipinski definition) is 1. The Bertz CT molecular complexity index is 1100. The van der Waals surface area contributed by atoms with Crippen molar-refractivity contribution in [2.45, 2.75) is 24.4 Å². The van der Waals surface area contributed by atoms with Crippen LogP contribution in [0, 0.1) is 5.92 Å². The summed E-state index contributed by atoms with van der Waals surface area (Å²) in [4.78, 5) is 26.9. The molecule has 0 aromatic heterocycles. The van der Waals surface area contributed by atoms with Crippen molar-refractivity contribution in [3.05, 3.63) is 95.6 Å². The Morgan fingerprint density at radius 1 is 0.882 bits per heavy atom. The van der Waals surface area contributed by atoms with Gasteiger partial charge < -0.3 is 19.5 Å². The van der Waals surface area contributed by atoms with E-state index in [0.29, 0.717) is 18.0 Å². The van der Waals surface area contributed by atoms with Crippen molar-refractivity contribution in [1.82, 2.24) is 4.90 Å². The van der Waals surface area contributed by atoms with Crippen LogP contribution in [0.4, 0.5) is 0 Å². The summed E-state index contributed by atoms with van der Waals surface area (Å²) in [6.45, 7) is 0.423. The lowest BCUT2D eigenvalue weighted by Gasteiger charge is -2.43. The predicted molar refractivity (Wildman–Crippen MR) is 124 cm³/mol. The van der Waals surface area contributed by atoms with E-state index < -0.39 is 17.3 Å². The van der Waals surface area contributed by atoms with E-state index in [0.717, 1.165) is 16.7 Å². The minimum atomic E-state index is -1.73. The Hall–Kier alpha value is -3.39. The third-order valence-electron chi connectivity index (χ3n) is 6.72. The number of amides is 1. The first-order chi connectivity index (χ1) is 16.5. The highest BCUT2D eigenvalue weighted by Crippen LogP contribution is 2.50. The molecule has 2 aliphatic rings. The summed E-state index contributed by atoms with van der Waals surface area (Å²) in [5.41, 5.74) is 1.45. The topological polar surface area (TPSA) is 77.5 Å². The van der Waals surface area contributed by atoms with Crippen LogP contribution in [0.5, 0.6) is 11.5 Å². The van der Waals surface area contributed by atoms with Gasteiger partial charge in [0.15, 0.2) is 5.60 Å². The molecule has 7 heteroatoms. The van der Waals surface area contributed by atoms with Crippen LogP contribution in [0.15, 0.2) is 78.9 Å². The van der Waals surface area contributed by atoms with E-state index in [1.54, 1.807) is 19.1 Å². The molecule has 0 saturated carbocycles. The van der Waals surface area contributed by atoms with Gasteiger partial charge in [0, 0.05) is 13.0 Å². The summed E-state index contributed by atoms with van der Waals surface area (Å²) in [6.07, 6.45) is 0.215. The molecular formula is C27H27NO6. The van der Waals surface area contributed by atoms with Crippen LogP contribution >= 0.6 is 0 Å². The summed E-state index contributed by atoms with van der Waals surface area (Å²) in [5.74, 6) is -1.29. The highest BCUT2D eigenvalue weighted by Gasteiger charge is 2.61. The molecule has 176 valence electrons. The normalized spacial score (nSPS) is 23.4. The number of nitrogens with zero attached hydrogens (tertiary/aromatic N) is 1. The number of fused-ring (bicyclic) bond motifs is 1. The van der Waals surface area contributed by atoms with Crippen molar-refractivity contribution in [3.8, 4) is 11.5 Å². The zero-order valence-corrected chi connectivity index (χ0v) is 19.1. The van der Waals surface area contributed by atoms with E-state index in [2.05, 4.69) is 0 Å². The van der Waals surface area contributed by atoms with Gasteiger partial charge in [0.2, 0.25) is 11.7 Å². The molecule has 0 bridgehead atoms. The quantitative estimate of drug-likeness (QED) is 0.565. The highest BCUT2D eigenvalue weighted by atomic mass is 17.2. The van der Waals surface area contributed by atoms with Crippen molar-refractivity contribution in [1.29, 1.82) is 0 Å². The fraction of sp³-hybridized carbons (Fsp3) is 0.296.